The molecule has 0 rings (SSSR count). The van der Waals surface area contributed by atoms with E-state index in [2.05, 4.69) is 16.3 Å². The van der Waals surface area contributed by atoms with Crippen LogP contribution in [0.25, 0.3) is 0 Å². The van der Waals surface area contributed by atoms with Crippen molar-refractivity contribution in [3.8, 4) is 0 Å². The summed E-state index contributed by atoms with van der Waals surface area (Å²) in [7, 11) is 1.59. The summed E-state index contributed by atoms with van der Waals surface area (Å²) < 4.78 is 4.66. The first kappa shape index (κ1) is 7.21. The van der Waals surface area contributed by atoms with E-state index in [0.717, 1.165) is 0 Å². The van der Waals surface area contributed by atoms with Crippen molar-refractivity contribution in [3.63, 3.8) is 0 Å². The SMILES string of the molecule is COCCN[C]=C=O. The van der Waals surface area contributed by atoms with Crippen LogP contribution in [0.4, 0.5) is 0 Å². The average molecular weight is 114 g/mol. The van der Waals surface area contributed by atoms with Gasteiger partial charge < -0.3 is 10.1 Å². The van der Waals surface area contributed by atoms with Crippen LogP contribution in [-0.2, 0) is 9.53 Å². The molecule has 0 unspecified atom stereocenters. The molecule has 0 aliphatic rings. The van der Waals surface area contributed by atoms with Crippen molar-refractivity contribution in [1.29, 1.82) is 0 Å². The molecule has 0 aromatic heterocycles. The minimum absolute atomic E-state index is 0.578. The van der Waals surface area contributed by atoms with E-state index in [1.54, 1.807) is 7.11 Å². The third kappa shape index (κ3) is 5.21. The zero-order chi connectivity index (χ0) is 6.24. The Balaban J connectivity index is 2.82. The molecule has 0 aliphatic heterocycles. The Hall–Kier alpha value is -0.790. The Labute approximate surface area is 48.3 Å². The molecule has 0 aromatic rings. The fourth-order valence-corrected chi connectivity index (χ4v) is 0.252. The molecule has 0 amide bonds. The molecule has 0 atom stereocenters. The van der Waals surface area contributed by atoms with Gasteiger partial charge in [-0.25, -0.2) is 4.79 Å². The molecule has 0 saturated heterocycles. The lowest BCUT2D eigenvalue weighted by molar-refractivity contribution is 0.202. The third-order valence-corrected chi connectivity index (χ3v) is 0.571. The van der Waals surface area contributed by atoms with Gasteiger partial charge in [-0.1, -0.05) is 0 Å². The fraction of sp³-hybridized carbons (Fsp3) is 0.600. The maximum atomic E-state index is 9.43. The Bertz CT molecular complexity index is 86.4. The van der Waals surface area contributed by atoms with Crippen LogP contribution in [0, 0.1) is 6.20 Å². The molecule has 0 aliphatic carbocycles. The van der Waals surface area contributed by atoms with E-state index in [1.807, 2.05) is 0 Å². The van der Waals surface area contributed by atoms with Crippen LogP contribution in [0.15, 0.2) is 0 Å². The highest BCUT2D eigenvalue weighted by Gasteiger charge is 1.76. The quantitative estimate of drug-likeness (QED) is 0.300. The van der Waals surface area contributed by atoms with Gasteiger partial charge in [-0.2, -0.15) is 0 Å². The van der Waals surface area contributed by atoms with Crippen molar-refractivity contribution in [2.45, 2.75) is 0 Å². The van der Waals surface area contributed by atoms with Gasteiger partial charge in [0, 0.05) is 13.7 Å². The van der Waals surface area contributed by atoms with Crippen molar-refractivity contribution in [2.24, 2.45) is 0 Å². The van der Waals surface area contributed by atoms with Gasteiger partial charge in [-0.05, 0) is 0 Å². The zero-order valence-corrected chi connectivity index (χ0v) is 4.73. The minimum Gasteiger partial charge on any atom is -0.383 e. The number of carbonyl (C=O) groups excluding carboxylic acids is 1. The number of hydrogen-bond donors (Lipinski definition) is 1. The van der Waals surface area contributed by atoms with Gasteiger partial charge in [0.25, 0.3) is 0 Å². The topological polar surface area (TPSA) is 38.3 Å². The van der Waals surface area contributed by atoms with Gasteiger partial charge in [0.05, 0.1) is 6.61 Å². The first-order chi connectivity index (χ1) is 3.91. The summed E-state index contributed by atoms with van der Waals surface area (Å²) in [5.74, 6) is 1.46. The molecule has 8 heavy (non-hydrogen) atoms. The molecule has 0 saturated carbocycles. The predicted octanol–water partition coefficient (Wildman–Crippen LogP) is -0.629. The molecule has 0 heterocycles. The van der Waals surface area contributed by atoms with E-state index in [-0.39, 0.29) is 0 Å². The van der Waals surface area contributed by atoms with Crippen molar-refractivity contribution >= 4 is 5.94 Å². The molecule has 3 nitrogen and oxygen atoms in total. The Morgan fingerprint density at radius 3 is 3.00 bits per heavy atom. The molecule has 45 valence electrons. The summed E-state index contributed by atoms with van der Waals surface area (Å²) in [4.78, 5) is 9.43. The number of methoxy groups -OCH3 is 1. The van der Waals surface area contributed by atoms with Gasteiger partial charge >= 0.3 is 0 Å². The van der Waals surface area contributed by atoms with E-state index >= 15 is 0 Å². The van der Waals surface area contributed by atoms with Gasteiger partial charge in [-0.15, -0.1) is 0 Å². The smallest absolute Gasteiger partial charge is 0.155 e. The molecule has 0 aromatic carbocycles. The fourth-order valence-electron chi connectivity index (χ4n) is 0.252. The summed E-state index contributed by atoms with van der Waals surface area (Å²) in [5.41, 5.74) is 0. The van der Waals surface area contributed by atoms with Crippen LogP contribution in [0.3, 0.4) is 0 Å². The second-order valence-corrected chi connectivity index (χ2v) is 1.15. The lowest BCUT2D eigenvalue weighted by Gasteiger charge is -1.93. The zero-order valence-electron chi connectivity index (χ0n) is 4.73. The molecule has 1 N–H and O–H groups in total. The van der Waals surface area contributed by atoms with Gasteiger partial charge in [0.1, 0.15) is 0 Å². The largest absolute Gasteiger partial charge is 0.383 e. The van der Waals surface area contributed by atoms with Crippen LogP contribution in [0.1, 0.15) is 0 Å². The van der Waals surface area contributed by atoms with E-state index in [9.17, 15) is 4.79 Å². The van der Waals surface area contributed by atoms with Gasteiger partial charge in [0.15, 0.2) is 12.1 Å². The number of rotatable bonds is 4. The molecule has 1 radical (unpaired) electrons. The van der Waals surface area contributed by atoms with Crippen LogP contribution in [0.2, 0.25) is 0 Å². The van der Waals surface area contributed by atoms with Crippen LogP contribution in [0.5, 0.6) is 0 Å². The summed E-state index contributed by atoms with van der Waals surface area (Å²) in [6, 6.07) is 0. The highest BCUT2D eigenvalue weighted by molar-refractivity contribution is 5.39. The normalized spacial score (nSPS) is 7.62. The highest BCUT2D eigenvalue weighted by Crippen LogP contribution is 1.60. The number of nitrogens with one attached hydrogen (secondary N) is 1. The third-order valence-electron chi connectivity index (χ3n) is 0.571. The second-order valence-electron chi connectivity index (χ2n) is 1.15. The Morgan fingerprint density at radius 1 is 1.75 bits per heavy atom. The molecular weight excluding hydrogens is 106 g/mol. The van der Waals surface area contributed by atoms with Gasteiger partial charge in [-0.3, -0.25) is 0 Å². The van der Waals surface area contributed by atoms with Crippen LogP contribution in [-0.4, -0.2) is 26.2 Å². The van der Waals surface area contributed by atoms with Crippen molar-refractivity contribution in [2.75, 3.05) is 20.3 Å². The monoisotopic (exact) mass is 114 g/mol. The Kier molecular flexibility index (Phi) is 5.60. The molecule has 0 spiro atoms. The van der Waals surface area contributed by atoms with Crippen molar-refractivity contribution in [3.05, 3.63) is 6.20 Å². The lowest BCUT2D eigenvalue weighted by Crippen LogP contribution is -2.12. The standard InChI is InChI=1S/C5H8NO2/c1-8-5-3-6-2-4-7/h6H,3,5H2,1H3. The Morgan fingerprint density at radius 2 is 2.50 bits per heavy atom. The summed E-state index contributed by atoms with van der Waals surface area (Å²) >= 11 is 0. The lowest BCUT2D eigenvalue weighted by atomic mass is 10.7. The van der Waals surface area contributed by atoms with Crippen molar-refractivity contribution in [1.82, 2.24) is 5.32 Å². The van der Waals surface area contributed by atoms with Crippen molar-refractivity contribution < 1.29 is 9.53 Å². The van der Waals surface area contributed by atoms with Crippen LogP contribution >= 0.6 is 0 Å². The van der Waals surface area contributed by atoms with Gasteiger partial charge in [0.2, 0.25) is 0 Å². The van der Waals surface area contributed by atoms with E-state index < -0.39 is 0 Å². The maximum Gasteiger partial charge on any atom is 0.155 e. The van der Waals surface area contributed by atoms with E-state index in [4.69, 9.17) is 0 Å². The molecule has 3 heteroatoms. The summed E-state index contributed by atoms with van der Waals surface area (Å²) in [5, 5.41) is 2.54. The minimum atomic E-state index is 0.578. The average Bonchev–Trinajstić information content (AvgIpc) is 1.81. The predicted molar refractivity (Wildman–Crippen MR) is 28.8 cm³/mol. The molecule has 0 fully saturated rings. The molecule has 0 bridgehead atoms. The van der Waals surface area contributed by atoms with E-state index in [1.165, 1.54) is 5.94 Å². The number of ether oxygens (including phenoxy) is 1. The number of hydrogen-bond acceptors (Lipinski definition) is 3. The van der Waals surface area contributed by atoms with E-state index in [0.29, 0.717) is 13.2 Å². The first-order valence-electron chi connectivity index (χ1n) is 2.25. The molecular formula is C5H8NO2. The highest BCUT2D eigenvalue weighted by atomic mass is 16.5. The first-order valence-corrected chi connectivity index (χ1v) is 2.25. The second kappa shape index (κ2) is 6.21. The maximum absolute atomic E-state index is 9.43. The summed E-state index contributed by atoms with van der Waals surface area (Å²) in [6.45, 7) is 1.18. The van der Waals surface area contributed by atoms with Crippen LogP contribution < -0.4 is 5.32 Å². The summed E-state index contributed by atoms with van der Waals surface area (Å²) in [6.07, 6.45) is 2.15.